The second-order valence-electron chi connectivity index (χ2n) is 7.06. The maximum Gasteiger partial charge on any atom is 0.193 e. The lowest BCUT2D eigenvalue weighted by atomic mass is 10.1. The smallest absolute Gasteiger partial charge is 0.193 e. The molecular formula is C18H34N6. The highest BCUT2D eigenvalue weighted by molar-refractivity contribution is 5.79. The number of nitrogens with zero attached hydrogens (tertiary/aromatic N) is 5. The quantitative estimate of drug-likeness (QED) is 0.584. The molecule has 0 saturated heterocycles. The van der Waals surface area contributed by atoms with Crippen LogP contribution >= 0.6 is 0 Å². The highest BCUT2D eigenvalue weighted by Gasteiger charge is 2.27. The summed E-state index contributed by atoms with van der Waals surface area (Å²) in [6.07, 6.45) is 4.84. The number of aromatic nitrogens is 2. The first-order chi connectivity index (χ1) is 11.5. The highest BCUT2D eigenvalue weighted by Crippen LogP contribution is 2.25. The summed E-state index contributed by atoms with van der Waals surface area (Å²) in [6, 6.07) is 0.820. The van der Waals surface area contributed by atoms with Crippen molar-refractivity contribution in [1.29, 1.82) is 0 Å². The lowest BCUT2D eigenvalue weighted by Gasteiger charge is -2.25. The minimum atomic E-state index is 0.432. The lowest BCUT2D eigenvalue weighted by Crippen LogP contribution is -2.42. The molecule has 6 nitrogen and oxygen atoms in total. The summed E-state index contributed by atoms with van der Waals surface area (Å²) < 4.78 is 1.91. The Labute approximate surface area is 146 Å². The summed E-state index contributed by atoms with van der Waals surface area (Å²) in [5, 5.41) is 8.09. The van der Waals surface area contributed by atoms with Crippen LogP contribution in [-0.4, -0.2) is 65.3 Å². The van der Waals surface area contributed by atoms with Gasteiger partial charge >= 0.3 is 0 Å². The molecule has 1 aromatic rings. The fraction of sp³-hybridized carbons (Fsp3) is 0.778. The van der Waals surface area contributed by atoms with Gasteiger partial charge in [0.1, 0.15) is 0 Å². The first-order valence-corrected chi connectivity index (χ1v) is 9.14. The van der Waals surface area contributed by atoms with Crippen LogP contribution in [0.15, 0.2) is 11.2 Å². The third kappa shape index (κ3) is 4.97. The first-order valence-electron chi connectivity index (χ1n) is 9.14. The van der Waals surface area contributed by atoms with Crippen LogP contribution in [0, 0.1) is 0 Å². The second kappa shape index (κ2) is 8.51. The number of hydrogen-bond acceptors (Lipinski definition) is 3. The molecule has 2 rings (SSSR count). The summed E-state index contributed by atoms with van der Waals surface area (Å²) in [5.74, 6) is 1.38. The topological polar surface area (TPSA) is 48.7 Å². The van der Waals surface area contributed by atoms with Crippen molar-refractivity contribution in [1.82, 2.24) is 24.9 Å². The van der Waals surface area contributed by atoms with Gasteiger partial charge in [-0.1, -0.05) is 20.8 Å². The van der Waals surface area contributed by atoms with E-state index in [1.165, 1.54) is 24.1 Å². The van der Waals surface area contributed by atoms with Crippen molar-refractivity contribution >= 4 is 5.96 Å². The maximum atomic E-state index is 4.59. The molecule has 0 unspecified atom stereocenters. The van der Waals surface area contributed by atoms with Crippen molar-refractivity contribution in [2.24, 2.45) is 12.0 Å². The van der Waals surface area contributed by atoms with Crippen LogP contribution < -0.4 is 5.32 Å². The van der Waals surface area contributed by atoms with Gasteiger partial charge in [-0.25, -0.2) is 0 Å². The molecule has 0 bridgehead atoms. The number of likely N-dealkylation sites (N-methyl/N-ethyl adjacent to an activating group) is 1. The molecule has 1 saturated carbocycles. The number of hydrogen-bond donors (Lipinski definition) is 1. The van der Waals surface area contributed by atoms with Gasteiger partial charge in [0.25, 0.3) is 0 Å². The second-order valence-corrected chi connectivity index (χ2v) is 7.06. The summed E-state index contributed by atoms with van der Waals surface area (Å²) in [7, 11) is 5.93. The van der Waals surface area contributed by atoms with E-state index in [0.29, 0.717) is 5.92 Å². The van der Waals surface area contributed by atoms with E-state index >= 15 is 0 Å². The largest absolute Gasteiger partial charge is 0.355 e. The summed E-state index contributed by atoms with van der Waals surface area (Å²) in [4.78, 5) is 9.17. The molecule has 6 heteroatoms. The molecule has 0 radical (unpaired) electrons. The van der Waals surface area contributed by atoms with Crippen molar-refractivity contribution in [3.8, 4) is 0 Å². The Kier molecular flexibility index (Phi) is 6.66. The average molecular weight is 335 g/mol. The fourth-order valence-corrected chi connectivity index (χ4v) is 3.23. The molecule has 0 atom stereocenters. The molecule has 136 valence electrons. The Bertz CT molecular complexity index is 544. The van der Waals surface area contributed by atoms with Crippen LogP contribution in [-0.2, 0) is 13.6 Å². The van der Waals surface area contributed by atoms with Crippen LogP contribution in [0.1, 0.15) is 50.8 Å². The molecule has 1 fully saturated rings. The van der Waals surface area contributed by atoms with Crippen LogP contribution in [0.4, 0.5) is 0 Å². The van der Waals surface area contributed by atoms with Gasteiger partial charge < -0.3 is 10.2 Å². The number of aryl methyl sites for hydroxylation is 1. The van der Waals surface area contributed by atoms with Gasteiger partial charge in [-0.2, -0.15) is 5.10 Å². The molecule has 0 amide bonds. The van der Waals surface area contributed by atoms with Crippen LogP contribution in [0.5, 0.6) is 0 Å². The molecule has 24 heavy (non-hydrogen) atoms. The Hall–Kier alpha value is -1.56. The zero-order valence-corrected chi connectivity index (χ0v) is 16.2. The van der Waals surface area contributed by atoms with E-state index in [1.807, 2.05) is 18.8 Å². The standard InChI is InChI=1S/C18H34N6/c1-7-24(16-8-9-16)11-10-20-18(19-4)22(5)12-15-13-23(6)21-17(15)14(2)3/h13-14,16H,7-12H2,1-6H3,(H,19,20). The van der Waals surface area contributed by atoms with Gasteiger partial charge in [0.15, 0.2) is 5.96 Å². The molecule has 1 heterocycles. The predicted molar refractivity (Wildman–Crippen MR) is 100 cm³/mol. The van der Waals surface area contributed by atoms with E-state index in [1.54, 1.807) is 0 Å². The van der Waals surface area contributed by atoms with Crippen molar-refractivity contribution in [3.63, 3.8) is 0 Å². The third-order valence-electron chi connectivity index (χ3n) is 4.62. The minimum absolute atomic E-state index is 0.432. The highest BCUT2D eigenvalue weighted by atomic mass is 15.3. The molecule has 1 aromatic heterocycles. The first kappa shape index (κ1) is 18.8. The van der Waals surface area contributed by atoms with Crippen molar-refractivity contribution < 1.29 is 0 Å². The third-order valence-corrected chi connectivity index (χ3v) is 4.62. The molecule has 0 spiro atoms. The molecule has 1 N–H and O–H groups in total. The van der Waals surface area contributed by atoms with Gasteiger partial charge in [-0.15, -0.1) is 0 Å². The number of nitrogens with one attached hydrogen (secondary N) is 1. The van der Waals surface area contributed by atoms with Gasteiger partial charge in [-0.3, -0.25) is 14.6 Å². The summed E-state index contributed by atoms with van der Waals surface area (Å²) in [6.45, 7) is 10.6. The summed E-state index contributed by atoms with van der Waals surface area (Å²) in [5.41, 5.74) is 2.44. The monoisotopic (exact) mass is 334 g/mol. The fourth-order valence-electron chi connectivity index (χ4n) is 3.23. The Morgan fingerprint density at radius 2 is 2.17 bits per heavy atom. The van der Waals surface area contributed by atoms with Crippen molar-refractivity contribution in [2.45, 2.75) is 52.1 Å². The zero-order chi connectivity index (χ0) is 17.7. The lowest BCUT2D eigenvalue weighted by molar-refractivity contribution is 0.280. The van der Waals surface area contributed by atoms with Crippen LogP contribution in [0.3, 0.4) is 0 Å². The number of rotatable bonds is 8. The van der Waals surface area contributed by atoms with E-state index in [-0.39, 0.29) is 0 Å². The van der Waals surface area contributed by atoms with Gasteiger partial charge in [-0.05, 0) is 25.3 Å². The van der Waals surface area contributed by atoms with E-state index in [0.717, 1.165) is 38.2 Å². The van der Waals surface area contributed by atoms with Gasteiger partial charge in [0.05, 0.1) is 5.69 Å². The Balaban J connectivity index is 1.88. The minimum Gasteiger partial charge on any atom is -0.355 e. The Morgan fingerprint density at radius 3 is 2.71 bits per heavy atom. The van der Waals surface area contributed by atoms with E-state index in [4.69, 9.17) is 0 Å². The average Bonchev–Trinajstić information content (AvgIpc) is 3.30. The van der Waals surface area contributed by atoms with Crippen LogP contribution in [0.2, 0.25) is 0 Å². The number of aliphatic imine (C=N–C) groups is 1. The van der Waals surface area contributed by atoms with Gasteiger partial charge in [0, 0.05) is 58.6 Å². The molecular weight excluding hydrogens is 300 g/mol. The van der Waals surface area contributed by atoms with Gasteiger partial charge in [0.2, 0.25) is 0 Å². The van der Waals surface area contributed by atoms with Crippen LogP contribution in [0.25, 0.3) is 0 Å². The molecule has 0 aliphatic heterocycles. The zero-order valence-electron chi connectivity index (χ0n) is 16.2. The van der Waals surface area contributed by atoms with E-state index < -0.39 is 0 Å². The van der Waals surface area contributed by atoms with E-state index in [9.17, 15) is 0 Å². The molecule has 1 aliphatic rings. The number of guanidine groups is 1. The van der Waals surface area contributed by atoms with E-state index in [2.05, 4.69) is 59.2 Å². The maximum absolute atomic E-state index is 4.59. The van der Waals surface area contributed by atoms with Crippen molar-refractivity contribution in [2.75, 3.05) is 33.7 Å². The predicted octanol–water partition coefficient (Wildman–Crippen LogP) is 2.03. The van der Waals surface area contributed by atoms with Crippen molar-refractivity contribution in [3.05, 3.63) is 17.5 Å². The normalized spacial score (nSPS) is 15.4. The Morgan fingerprint density at radius 1 is 1.46 bits per heavy atom. The SMILES string of the molecule is CCN(CCNC(=NC)N(C)Cc1cn(C)nc1C(C)C)C1CC1. The molecule has 1 aliphatic carbocycles. The molecule has 0 aromatic carbocycles. The summed E-state index contributed by atoms with van der Waals surface area (Å²) >= 11 is 0.